The van der Waals surface area contributed by atoms with Gasteiger partial charge in [-0.05, 0) is 200 Å². The summed E-state index contributed by atoms with van der Waals surface area (Å²) < 4.78 is 46.4. The number of para-hydroxylation sites is 2. The number of aryl methyl sites for hydroxylation is 1. The Morgan fingerprint density at radius 1 is 0.518 bits per heavy atom. The SMILES string of the molecule is C=CC(=O)OCCCCCCOc1ccc(OC(=O)C2CCC(C(=O)Oc3ccc(OC(=O)C4CCC(C(=O)Oc5ccc(OCCCCCCOC(=O)C=C)cc5)CC4)c(C=NN(c4nc5ccccc5s4)c4ccccc4C)c3)CC2)cc1. The molecule has 0 N–H and O–H groups in total. The number of thiazole rings is 1. The van der Waals surface area contributed by atoms with Gasteiger partial charge in [-0.1, -0.05) is 54.8 Å². The summed E-state index contributed by atoms with van der Waals surface area (Å²) in [6.45, 7) is 10.6. The first-order valence-corrected chi connectivity index (χ1v) is 30.0. The van der Waals surface area contributed by atoms with Gasteiger partial charge in [0.25, 0.3) is 0 Å². The summed E-state index contributed by atoms with van der Waals surface area (Å²) in [4.78, 5) is 81.7. The number of hydrogen-bond donors (Lipinski definition) is 0. The van der Waals surface area contributed by atoms with E-state index in [0.717, 1.165) is 85.0 Å². The minimum atomic E-state index is -0.488. The molecule has 17 nitrogen and oxygen atoms in total. The first-order chi connectivity index (χ1) is 41.4. The van der Waals surface area contributed by atoms with Crippen molar-refractivity contribution in [3.05, 3.63) is 152 Å². The molecule has 0 bridgehead atoms. The van der Waals surface area contributed by atoms with E-state index in [0.29, 0.717) is 111 Å². The van der Waals surface area contributed by atoms with Crippen LogP contribution in [0.2, 0.25) is 0 Å². The summed E-state index contributed by atoms with van der Waals surface area (Å²) in [5.41, 5.74) is 2.92. The zero-order valence-corrected chi connectivity index (χ0v) is 48.8. The Bertz CT molecular complexity index is 3220. The Kier molecular flexibility index (Phi) is 23.8. The third-order valence-electron chi connectivity index (χ3n) is 14.8. The molecule has 2 aliphatic rings. The molecule has 0 spiro atoms. The first-order valence-electron chi connectivity index (χ1n) is 29.2. The van der Waals surface area contributed by atoms with Crippen LogP contribution in [0.25, 0.3) is 10.2 Å². The minimum Gasteiger partial charge on any atom is -0.494 e. The lowest BCUT2D eigenvalue weighted by atomic mass is 9.82. The van der Waals surface area contributed by atoms with Crippen molar-refractivity contribution in [1.82, 2.24) is 4.98 Å². The number of carbonyl (C=O) groups excluding carboxylic acids is 6. The topological polar surface area (TPSA) is 205 Å². The van der Waals surface area contributed by atoms with E-state index in [1.54, 1.807) is 78.0 Å². The molecule has 1 heterocycles. The highest BCUT2D eigenvalue weighted by Gasteiger charge is 2.34. The molecule has 1 aromatic heterocycles. The summed E-state index contributed by atoms with van der Waals surface area (Å²) in [7, 11) is 0. The number of anilines is 2. The molecule has 0 amide bonds. The number of esters is 6. The number of ether oxygens (including phenoxy) is 8. The normalized spacial score (nSPS) is 16.6. The Morgan fingerprint density at radius 2 is 0.941 bits per heavy atom. The highest BCUT2D eigenvalue weighted by atomic mass is 32.1. The van der Waals surface area contributed by atoms with Crippen LogP contribution in [0.5, 0.6) is 34.5 Å². The van der Waals surface area contributed by atoms with Gasteiger partial charge in [0.15, 0.2) is 0 Å². The van der Waals surface area contributed by atoms with Gasteiger partial charge in [-0.25, -0.2) is 19.6 Å². The second-order valence-electron chi connectivity index (χ2n) is 21.0. The molecule has 18 heteroatoms. The molecule has 2 saturated carbocycles. The number of nitrogens with zero attached hydrogens (tertiary/aromatic N) is 3. The van der Waals surface area contributed by atoms with Crippen molar-refractivity contribution in [2.45, 2.75) is 110 Å². The zero-order valence-electron chi connectivity index (χ0n) is 48.0. The molecule has 446 valence electrons. The number of fused-ring (bicyclic) bond motifs is 1. The lowest BCUT2D eigenvalue weighted by Gasteiger charge is -2.26. The Balaban J connectivity index is 0.850. The predicted molar refractivity (Wildman–Crippen MR) is 324 cm³/mol. The molecule has 0 radical (unpaired) electrons. The van der Waals surface area contributed by atoms with E-state index in [9.17, 15) is 28.8 Å². The number of rotatable bonds is 30. The van der Waals surface area contributed by atoms with E-state index in [4.69, 9.17) is 48.0 Å². The van der Waals surface area contributed by atoms with E-state index in [1.165, 1.54) is 11.3 Å². The standard InChI is InChI=1S/C67H73N3O14S/c1-4-61(71)79-42-16-8-6-14-40-77-52-30-34-54(35-31-52)81-63(73)47-22-24-49(25-23-47)65(75)83-56-38-39-59(51(44-56)45-68-70(58-20-12-10-18-46(58)3)67-69-57-19-11-13-21-60(57)85-67)84-66(76)50-28-26-48(27-29-50)64(74)82-55-36-32-53(33-37-55)78-41-15-7-9-17-43-80-62(72)5-2/h4-5,10-13,18-21,30-39,44-45,47-50H,1-2,6-9,14-17,22-29,40-43H2,3H3. The summed E-state index contributed by atoms with van der Waals surface area (Å²) in [5, 5.41) is 7.31. The van der Waals surface area contributed by atoms with Crippen LogP contribution in [-0.4, -0.2) is 73.4 Å². The third-order valence-corrected chi connectivity index (χ3v) is 15.9. The maximum Gasteiger partial charge on any atom is 0.330 e. The minimum absolute atomic E-state index is 0.204. The van der Waals surface area contributed by atoms with Crippen LogP contribution < -0.4 is 33.4 Å². The van der Waals surface area contributed by atoms with E-state index >= 15 is 0 Å². The van der Waals surface area contributed by atoms with Crippen molar-refractivity contribution < 1.29 is 66.7 Å². The molecular formula is C67H73N3O14S. The van der Waals surface area contributed by atoms with Crippen molar-refractivity contribution in [2.24, 2.45) is 28.8 Å². The first kappa shape index (κ1) is 62.4. The molecule has 2 aliphatic carbocycles. The lowest BCUT2D eigenvalue weighted by molar-refractivity contribution is -0.145. The molecule has 5 aromatic carbocycles. The molecule has 0 unspecified atom stereocenters. The van der Waals surface area contributed by atoms with Gasteiger partial charge in [0, 0.05) is 17.7 Å². The number of benzene rings is 5. The van der Waals surface area contributed by atoms with Crippen LogP contribution in [-0.2, 0) is 38.2 Å². The second-order valence-corrected chi connectivity index (χ2v) is 22.0. The van der Waals surface area contributed by atoms with Crippen LogP contribution >= 0.6 is 11.3 Å². The lowest BCUT2D eigenvalue weighted by Crippen LogP contribution is -2.30. The van der Waals surface area contributed by atoms with Crippen molar-refractivity contribution >= 4 is 74.4 Å². The average molecular weight is 1180 g/mol. The molecule has 0 aliphatic heterocycles. The van der Waals surface area contributed by atoms with Crippen LogP contribution in [0, 0.1) is 30.6 Å². The maximum absolute atomic E-state index is 14.0. The highest BCUT2D eigenvalue weighted by molar-refractivity contribution is 7.22. The Hall–Kier alpha value is -8.64. The van der Waals surface area contributed by atoms with E-state index in [1.807, 2.05) is 55.5 Å². The van der Waals surface area contributed by atoms with Gasteiger partial charge in [-0.3, -0.25) is 19.2 Å². The van der Waals surface area contributed by atoms with E-state index in [-0.39, 0.29) is 29.4 Å². The number of hydrazone groups is 1. The molecule has 85 heavy (non-hydrogen) atoms. The van der Waals surface area contributed by atoms with Crippen LogP contribution in [0.4, 0.5) is 10.8 Å². The molecule has 0 saturated heterocycles. The van der Waals surface area contributed by atoms with Crippen LogP contribution in [0.15, 0.2) is 146 Å². The fourth-order valence-corrected chi connectivity index (χ4v) is 10.9. The van der Waals surface area contributed by atoms with Gasteiger partial charge >= 0.3 is 35.8 Å². The molecular weight excluding hydrogens is 1100 g/mol. The maximum atomic E-state index is 14.0. The monoisotopic (exact) mass is 1180 g/mol. The molecule has 2 fully saturated rings. The number of aromatic nitrogens is 1. The summed E-state index contributed by atoms with van der Waals surface area (Å²) in [5.74, 6) is -1.64. The Morgan fingerprint density at radius 3 is 1.42 bits per heavy atom. The van der Waals surface area contributed by atoms with E-state index < -0.39 is 41.6 Å². The van der Waals surface area contributed by atoms with Gasteiger partial charge < -0.3 is 37.9 Å². The number of unbranched alkanes of at least 4 members (excludes halogenated alkanes) is 6. The highest BCUT2D eigenvalue weighted by Crippen LogP contribution is 2.38. The third kappa shape index (κ3) is 19.2. The smallest absolute Gasteiger partial charge is 0.330 e. The van der Waals surface area contributed by atoms with Crippen molar-refractivity contribution in [3.8, 4) is 34.5 Å². The van der Waals surface area contributed by atoms with Crippen molar-refractivity contribution in [3.63, 3.8) is 0 Å². The van der Waals surface area contributed by atoms with Gasteiger partial charge in [0.05, 0.1) is 72.2 Å². The fraction of sp³-hybridized carbons (Fsp3) is 0.373. The van der Waals surface area contributed by atoms with Gasteiger partial charge in [-0.15, -0.1) is 0 Å². The van der Waals surface area contributed by atoms with Crippen LogP contribution in [0.3, 0.4) is 0 Å². The number of hydrogen-bond acceptors (Lipinski definition) is 18. The summed E-state index contributed by atoms with van der Waals surface area (Å²) in [6.07, 6.45) is 14.2. The summed E-state index contributed by atoms with van der Waals surface area (Å²) in [6, 6.07) is 34.3. The zero-order chi connectivity index (χ0) is 59.8. The quantitative estimate of drug-likeness (QED) is 0.0103. The number of carbonyl (C=O) groups is 6. The van der Waals surface area contributed by atoms with Crippen LogP contribution in [0.1, 0.15) is 114 Å². The Labute approximate surface area is 499 Å². The largest absolute Gasteiger partial charge is 0.494 e. The van der Waals surface area contributed by atoms with E-state index in [2.05, 4.69) is 13.2 Å². The van der Waals surface area contributed by atoms with Gasteiger partial charge in [0.2, 0.25) is 5.13 Å². The fourth-order valence-electron chi connectivity index (χ4n) is 9.96. The molecule has 8 rings (SSSR count). The van der Waals surface area contributed by atoms with Gasteiger partial charge in [-0.2, -0.15) is 5.10 Å². The second kappa shape index (κ2) is 32.4. The predicted octanol–water partition coefficient (Wildman–Crippen LogP) is 13.7. The van der Waals surface area contributed by atoms with Crippen molar-refractivity contribution in [1.29, 1.82) is 0 Å². The average Bonchev–Trinajstić information content (AvgIpc) is 4.21. The van der Waals surface area contributed by atoms with Gasteiger partial charge in [0.1, 0.15) is 34.5 Å². The van der Waals surface area contributed by atoms with Crippen molar-refractivity contribution in [2.75, 3.05) is 31.4 Å². The summed E-state index contributed by atoms with van der Waals surface area (Å²) >= 11 is 1.48. The molecule has 6 aromatic rings. The molecule has 0 atom stereocenters.